The van der Waals surface area contributed by atoms with Crippen molar-refractivity contribution in [3.05, 3.63) is 50.1 Å². The van der Waals surface area contributed by atoms with Gasteiger partial charge in [-0.15, -0.1) is 11.3 Å². The molecule has 2 rings (SSSR count). The smallest absolute Gasteiger partial charge is 0.124 e. The molecule has 1 N–H and O–H groups in total. The summed E-state index contributed by atoms with van der Waals surface area (Å²) in [5.74, 6) is 0.966. The molecular weight excluding hydrogens is 346 g/mol. The van der Waals surface area contributed by atoms with Crippen LogP contribution in [0.25, 0.3) is 0 Å². The zero-order valence-electron chi connectivity index (χ0n) is 12.6. The summed E-state index contributed by atoms with van der Waals surface area (Å²) in [6, 6.07) is 10.6. The normalized spacial score (nSPS) is 10.8. The molecule has 1 heterocycles. The number of halogens is 1. The van der Waals surface area contributed by atoms with Crippen LogP contribution in [-0.4, -0.2) is 6.54 Å². The molecule has 0 saturated heterocycles. The third-order valence-electron chi connectivity index (χ3n) is 3.20. The molecular formula is C17H22BrNOS. The number of hydrogen-bond donors (Lipinski definition) is 1. The molecule has 2 nitrogen and oxygen atoms in total. The van der Waals surface area contributed by atoms with Crippen LogP contribution in [0.1, 0.15) is 35.6 Å². The van der Waals surface area contributed by atoms with E-state index in [9.17, 15) is 0 Å². The van der Waals surface area contributed by atoms with E-state index in [2.05, 4.69) is 53.3 Å². The molecule has 21 heavy (non-hydrogen) atoms. The van der Waals surface area contributed by atoms with Crippen molar-refractivity contribution in [2.24, 2.45) is 0 Å². The number of thiophene rings is 1. The van der Waals surface area contributed by atoms with Crippen molar-refractivity contribution >= 4 is 27.3 Å². The Bertz CT molecular complexity index is 568. The number of hydrogen-bond acceptors (Lipinski definition) is 3. The quantitative estimate of drug-likeness (QED) is 0.651. The van der Waals surface area contributed by atoms with E-state index in [1.54, 1.807) is 0 Å². The minimum Gasteiger partial charge on any atom is -0.488 e. The summed E-state index contributed by atoms with van der Waals surface area (Å²) in [6.45, 7) is 6.87. The lowest BCUT2D eigenvalue weighted by molar-refractivity contribution is 0.305. The predicted octanol–water partition coefficient (Wildman–Crippen LogP) is 5.15. The molecule has 1 aromatic carbocycles. The fraction of sp³-hybridized carbons (Fsp3) is 0.412. The third-order valence-corrected chi connectivity index (χ3v) is 4.90. The first-order valence-corrected chi connectivity index (χ1v) is 9.03. The van der Waals surface area contributed by atoms with Gasteiger partial charge in [-0.05, 0) is 49.7 Å². The van der Waals surface area contributed by atoms with Crippen molar-refractivity contribution < 1.29 is 4.74 Å². The Morgan fingerprint density at radius 2 is 1.95 bits per heavy atom. The number of ether oxygens (including phenoxy) is 1. The van der Waals surface area contributed by atoms with Gasteiger partial charge in [-0.1, -0.05) is 29.8 Å². The van der Waals surface area contributed by atoms with Crippen molar-refractivity contribution in [1.29, 1.82) is 0 Å². The fourth-order valence-corrected chi connectivity index (χ4v) is 3.35. The Morgan fingerprint density at radius 3 is 2.67 bits per heavy atom. The number of benzene rings is 1. The Labute approximate surface area is 139 Å². The van der Waals surface area contributed by atoms with E-state index in [-0.39, 0.29) is 0 Å². The Morgan fingerprint density at radius 1 is 1.14 bits per heavy atom. The van der Waals surface area contributed by atoms with E-state index in [0.29, 0.717) is 6.61 Å². The first-order valence-electron chi connectivity index (χ1n) is 7.42. The van der Waals surface area contributed by atoms with Crippen LogP contribution in [0.3, 0.4) is 0 Å². The molecule has 4 heteroatoms. The largest absolute Gasteiger partial charge is 0.488 e. The summed E-state index contributed by atoms with van der Waals surface area (Å²) in [4.78, 5) is 2.69. The van der Waals surface area contributed by atoms with Crippen molar-refractivity contribution in [2.75, 3.05) is 6.54 Å². The monoisotopic (exact) mass is 367 g/mol. The van der Waals surface area contributed by atoms with E-state index >= 15 is 0 Å². The molecule has 0 atom stereocenters. The van der Waals surface area contributed by atoms with Crippen LogP contribution in [0, 0.1) is 0 Å². The maximum Gasteiger partial charge on any atom is 0.124 e. The van der Waals surface area contributed by atoms with Gasteiger partial charge in [0.15, 0.2) is 0 Å². The molecule has 0 aliphatic rings. The van der Waals surface area contributed by atoms with E-state index in [4.69, 9.17) is 4.74 Å². The molecule has 0 spiro atoms. The molecule has 0 fully saturated rings. The highest BCUT2D eigenvalue weighted by Crippen LogP contribution is 2.25. The maximum atomic E-state index is 6.02. The van der Waals surface area contributed by atoms with Gasteiger partial charge in [0.2, 0.25) is 0 Å². The zero-order chi connectivity index (χ0) is 15.1. The zero-order valence-corrected chi connectivity index (χ0v) is 15.0. The lowest BCUT2D eigenvalue weighted by Gasteiger charge is -2.12. The summed E-state index contributed by atoms with van der Waals surface area (Å²) in [7, 11) is 0. The standard InChI is InChI=1S/C17H22BrNOS/c1-3-9-19-11-13-10-14(18)5-8-17(13)20-12-16-7-6-15(4-2)21-16/h5-8,10,19H,3-4,9,11-12H2,1-2H3. The number of rotatable bonds is 8. The van der Waals surface area contributed by atoms with Crippen molar-refractivity contribution in [2.45, 2.75) is 39.8 Å². The average molecular weight is 368 g/mol. The average Bonchev–Trinajstić information content (AvgIpc) is 2.95. The Kier molecular flexibility index (Phi) is 6.74. The molecule has 0 unspecified atom stereocenters. The fourth-order valence-electron chi connectivity index (χ4n) is 2.07. The first kappa shape index (κ1) is 16.5. The van der Waals surface area contributed by atoms with Gasteiger partial charge < -0.3 is 10.1 Å². The lowest BCUT2D eigenvalue weighted by Crippen LogP contribution is -2.14. The first-order chi connectivity index (χ1) is 10.2. The topological polar surface area (TPSA) is 21.3 Å². The van der Waals surface area contributed by atoms with Crippen LogP contribution < -0.4 is 10.1 Å². The van der Waals surface area contributed by atoms with Gasteiger partial charge in [-0.25, -0.2) is 0 Å². The number of aryl methyl sites for hydroxylation is 1. The van der Waals surface area contributed by atoms with E-state index in [1.165, 1.54) is 15.3 Å². The highest BCUT2D eigenvalue weighted by Gasteiger charge is 2.06. The summed E-state index contributed by atoms with van der Waals surface area (Å²) in [6.07, 6.45) is 2.23. The van der Waals surface area contributed by atoms with Gasteiger partial charge in [-0.3, -0.25) is 0 Å². The van der Waals surface area contributed by atoms with Gasteiger partial charge in [0, 0.05) is 26.3 Å². The molecule has 0 saturated carbocycles. The second kappa shape index (κ2) is 8.57. The van der Waals surface area contributed by atoms with Crippen LogP contribution in [0.5, 0.6) is 5.75 Å². The maximum absolute atomic E-state index is 6.02. The predicted molar refractivity (Wildman–Crippen MR) is 94.2 cm³/mol. The number of nitrogens with one attached hydrogen (secondary N) is 1. The third kappa shape index (κ3) is 5.13. The molecule has 0 amide bonds. The summed E-state index contributed by atoms with van der Waals surface area (Å²) in [5.41, 5.74) is 1.20. The summed E-state index contributed by atoms with van der Waals surface area (Å²) < 4.78 is 7.11. The minimum atomic E-state index is 0.646. The van der Waals surface area contributed by atoms with Gasteiger partial charge in [0.05, 0.1) is 0 Å². The lowest BCUT2D eigenvalue weighted by atomic mass is 10.2. The second-order valence-electron chi connectivity index (χ2n) is 4.94. The highest BCUT2D eigenvalue weighted by molar-refractivity contribution is 9.10. The molecule has 0 radical (unpaired) electrons. The second-order valence-corrected chi connectivity index (χ2v) is 7.11. The van der Waals surface area contributed by atoms with Crippen LogP contribution in [-0.2, 0) is 19.6 Å². The van der Waals surface area contributed by atoms with E-state index < -0.39 is 0 Å². The Hall–Kier alpha value is -0.840. The van der Waals surface area contributed by atoms with Gasteiger partial charge >= 0.3 is 0 Å². The molecule has 0 bridgehead atoms. The summed E-state index contributed by atoms with van der Waals surface area (Å²) in [5, 5.41) is 3.43. The van der Waals surface area contributed by atoms with Crippen molar-refractivity contribution in [3.8, 4) is 5.75 Å². The van der Waals surface area contributed by atoms with Crippen LogP contribution in [0.15, 0.2) is 34.8 Å². The van der Waals surface area contributed by atoms with Crippen LogP contribution in [0.2, 0.25) is 0 Å². The Balaban J connectivity index is 2.00. The molecule has 0 aliphatic carbocycles. The van der Waals surface area contributed by atoms with E-state index in [0.717, 1.165) is 36.2 Å². The SMILES string of the molecule is CCCNCc1cc(Br)ccc1OCc1ccc(CC)s1. The minimum absolute atomic E-state index is 0.646. The van der Waals surface area contributed by atoms with E-state index in [1.807, 2.05) is 23.5 Å². The van der Waals surface area contributed by atoms with Crippen LogP contribution >= 0.6 is 27.3 Å². The highest BCUT2D eigenvalue weighted by atomic mass is 79.9. The van der Waals surface area contributed by atoms with Crippen LogP contribution in [0.4, 0.5) is 0 Å². The molecule has 114 valence electrons. The van der Waals surface area contributed by atoms with Gasteiger partial charge in [0.25, 0.3) is 0 Å². The molecule has 1 aromatic heterocycles. The molecule has 0 aliphatic heterocycles. The van der Waals surface area contributed by atoms with Gasteiger partial charge in [-0.2, -0.15) is 0 Å². The molecule has 2 aromatic rings. The van der Waals surface area contributed by atoms with Crippen molar-refractivity contribution in [1.82, 2.24) is 5.32 Å². The van der Waals surface area contributed by atoms with Gasteiger partial charge in [0.1, 0.15) is 12.4 Å². The summed E-state index contributed by atoms with van der Waals surface area (Å²) >= 11 is 5.37. The van der Waals surface area contributed by atoms with Crippen molar-refractivity contribution in [3.63, 3.8) is 0 Å².